The molecular weight excluding hydrogens is 228 g/mol. The van der Waals surface area contributed by atoms with Crippen molar-refractivity contribution < 1.29 is 9.94 Å². The van der Waals surface area contributed by atoms with E-state index in [9.17, 15) is 0 Å². The third-order valence-electron chi connectivity index (χ3n) is 5.01. The van der Waals surface area contributed by atoms with Gasteiger partial charge in [-0.2, -0.15) is 0 Å². The van der Waals surface area contributed by atoms with Gasteiger partial charge < -0.3 is 9.94 Å². The molecule has 0 aromatic heterocycles. The number of rotatable bonds is 1. The highest BCUT2D eigenvalue weighted by molar-refractivity contribution is 5.84. The molecule has 1 N–H and O–H groups in total. The molecule has 3 fully saturated rings. The predicted molar refractivity (Wildman–Crippen MR) is 70.2 cm³/mol. The Labute approximate surface area is 109 Å². The largest absolute Gasteiger partial charge is 0.411 e. The smallest absolute Gasteiger partial charge is 0.0697 e. The van der Waals surface area contributed by atoms with E-state index in [2.05, 4.69) is 10.1 Å². The van der Waals surface area contributed by atoms with Crippen molar-refractivity contribution in [3.63, 3.8) is 0 Å². The maximum Gasteiger partial charge on any atom is 0.0697 e. The minimum Gasteiger partial charge on any atom is -0.411 e. The van der Waals surface area contributed by atoms with E-state index in [0.717, 1.165) is 38.2 Å². The number of oxime groups is 1. The van der Waals surface area contributed by atoms with Gasteiger partial charge in [-0.3, -0.25) is 4.90 Å². The van der Waals surface area contributed by atoms with Gasteiger partial charge in [0.1, 0.15) is 0 Å². The standard InChI is InChI=1S/C14H24N2O2/c17-15-12-3-8-16(9-4-12)13-5-10-18-14(11-13)6-1-2-7-14/h13,17H,1-11H2. The number of hydrogen-bond acceptors (Lipinski definition) is 4. The van der Waals surface area contributed by atoms with Crippen LogP contribution in [-0.2, 0) is 4.74 Å². The van der Waals surface area contributed by atoms with Crippen molar-refractivity contribution in [3.05, 3.63) is 0 Å². The zero-order valence-corrected chi connectivity index (χ0v) is 11.1. The lowest BCUT2D eigenvalue weighted by atomic mass is 9.87. The van der Waals surface area contributed by atoms with Crippen molar-refractivity contribution in [1.82, 2.24) is 4.90 Å². The minimum atomic E-state index is 0.217. The summed E-state index contributed by atoms with van der Waals surface area (Å²) in [4.78, 5) is 2.59. The number of likely N-dealkylation sites (tertiary alicyclic amines) is 1. The lowest BCUT2D eigenvalue weighted by molar-refractivity contribution is -0.102. The van der Waals surface area contributed by atoms with Crippen molar-refractivity contribution in [1.29, 1.82) is 0 Å². The summed E-state index contributed by atoms with van der Waals surface area (Å²) in [5.41, 5.74) is 1.18. The van der Waals surface area contributed by atoms with Gasteiger partial charge in [0.05, 0.1) is 11.3 Å². The van der Waals surface area contributed by atoms with Crippen LogP contribution in [0.2, 0.25) is 0 Å². The number of hydrogen-bond donors (Lipinski definition) is 1. The highest BCUT2D eigenvalue weighted by Crippen LogP contribution is 2.41. The molecule has 1 saturated carbocycles. The Morgan fingerprint density at radius 3 is 2.61 bits per heavy atom. The summed E-state index contributed by atoms with van der Waals surface area (Å²) in [5.74, 6) is 0. The van der Waals surface area contributed by atoms with E-state index < -0.39 is 0 Å². The molecule has 1 atom stereocenters. The van der Waals surface area contributed by atoms with Gasteiger partial charge >= 0.3 is 0 Å². The minimum absolute atomic E-state index is 0.217. The SMILES string of the molecule is ON=C1CCN(C2CCOC3(CCCC3)C2)CC1. The first-order chi connectivity index (χ1) is 8.81. The molecule has 18 heavy (non-hydrogen) atoms. The van der Waals surface area contributed by atoms with E-state index in [1.54, 1.807) is 0 Å². The van der Waals surface area contributed by atoms with Crippen LogP contribution < -0.4 is 0 Å². The van der Waals surface area contributed by atoms with Crippen LogP contribution in [0.1, 0.15) is 51.4 Å². The first-order valence-corrected chi connectivity index (χ1v) is 7.39. The fourth-order valence-electron chi connectivity index (χ4n) is 3.93. The monoisotopic (exact) mass is 252 g/mol. The van der Waals surface area contributed by atoms with Crippen LogP contribution in [0.4, 0.5) is 0 Å². The molecule has 0 aromatic carbocycles. The molecule has 2 saturated heterocycles. The molecule has 0 aromatic rings. The first-order valence-electron chi connectivity index (χ1n) is 7.39. The summed E-state index contributed by atoms with van der Waals surface area (Å²) in [7, 11) is 0. The third kappa shape index (κ3) is 2.41. The van der Waals surface area contributed by atoms with Gasteiger partial charge in [0.15, 0.2) is 0 Å². The molecule has 0 bridgehead atoms. The molecule has 4 nitrogen and oxygen atoms in total. The Morgan fingerprint density at radius 2 is 1.94 bits per heavy atom. The fourth-order valence-corrected chi connectivity index (χ4v) is 3.93. The lowest BCUT2D eigenvalue weighted by Crippen LogP contribution is -2.50. The summed E-state index contributed by atoms with van der Waals surface area (Å²) in [5, 5.41) is 12.2. The van der Waals surface area contributed by atoms with Gasteiger partial charge in [-0.15, -0.1) is 0 Å². The second-order valence-corrected chi connectivity index (χ2v) is 6.09. The maximum absolute atomic E-state index is 8.80. The molecule has 1 aliphatic carbocycles. The van der Waals surface area contributed by atoms with Crippen LogP contribution in [0, 0.1) is 0 Å². The third-order valence-corrected chi connectivity index (χ3v) is 5.01. The quantitative estimate of drug-likeness (QED) is 0.576. The average Bonchev–Trinajstić information content (AvgIpc) is 2.87. The molecule has 102 valence electrons. The zero-order chi connectivity index (χ0) is 12.4. The molecule has 0 amide bonds. The van der Waals surface area contributed by atoms with Crippen molar-refractivity contribution >= 4 is 5.71 Å². The van der Waals surface area contributed by atoms with E-state index in [0.29, 0.717) is 6.04 Å². The molecule has 3 aliphatic rings. The van der Waals surface area contributed by atoms with E-state index in [4.69, 9.17) is 9.94 Å². The van der Waals surface area contributed by atoms with Gasteiger partial charge in [-0.1, -0.05) is 18.0 Å². The van der Waals surface area contributed by atoms with E-state index in [1.807, 2.05) is 0 Å². The van der Waals surface area contributed by atoms with Crippen LogP contribution in [0.15, 0.2) is 5.16 Å². The lowest BCUT2D eigenvalue weighted by Gasteiger charge is -2.44. The maximum atomic E-state index is 8.80. The Bertz CT molecular complexity index is 314. The summed E-state index contributed by atoms with van der Waals surface area (Å²) in [6, 6.07) is 0.692. The average molecular weight is 252 g/mol. The van der Waals surface area contributed by atoms with Gasteiger partial charge in [0.2, 0.25) is 0 Å². The van der Waals surface area contributed by atoms with Gasteiger partial charge in [-0.25, -0.2) is 0 Å². The van der Waals surface area contributed by atoms with Gasteiger partial charge in [-0.05, 0) is 25.7 Å². The Balaban J connectivity index is 1.59. The highest BCUT2D eigenvalue weighted by atomic mass is 16.5. The van der Waals surface area contributed by atoms with Crippen molar-refractivity contribution in [2.45, 2.75) is 63.0 Å². The summed E-state index contributed by atoms with van der Waals surface area (Å²) >= 11 is 0. The Morgan fingerprint density at radius 1 is 1.22 bits per heavy atom. The molecule has 0 radical (unpaired) electrons. The first kappa shape index (κ1) is 12.4. The van der Waals surface area contributed by atoms with Crippen molar-refractivity contribution in [3.8, 4) is 0 Å². The Kier molecular flexibility index (Phi) is 3.57. The topological polar surface area (TPSA) is 45.1 Å². The van der Waals surface area contributed by atoms with E-state index in [1.165, 1.54) is 38.5 Å². The van der Waals surface area contributed by atoms with Crippen molar-refractivity contribution in [2.75, 3.05) is 19.7 Å². The second-order valence-electron chi connectivity index (χ2n) is 6.09. The molecule has 1 unspecified atom stereocenters. The number of nitrogens with zero attached hydrogens (tertiary/aromatic N) is 2. The van der Waals surface area contributed by atoms with E-state index in [-0.39, 0.29) is 5.60 Å². The fraction of sp³-hybridized carbons (Fsp3) is 0.929. The molecule has 1 spiro atoms. The molecular formula is C14H24N2O2. The van der Waals surface area contributed by atoms with Crippen LogP contribution in [0.25, 0.3) is 0 Å². The number of ether oxygens (including phenoxy) is 1. The number of piperidine rings is 1. The second kappa shape index (κ2) is 5.17. The van der Waals surface area contributed by atoms with Gasteiger partial charge in [0.25, 0.3) is 0 Å². The molecule has 2 heterocycles. The van der Waals surface area contributed by atoms with Crippen LogP contribution in [0.5, 0.6) is 0 Å². The van der Waals surface area contributed by atoms with E-state index >= 15 is 0 Å². The molecule has 2 aliphatic heterocycles. The molecule has 4 heteroatoms. The molecule has 3 rings (SSSR count). The predicted octanol–water partition coefficient (Wildman–Crippen LogP) is 2.40. The summed E-state index contributed by atoms with van der Waals surface area (Å²) in [6.07, 6.45) is 9.47. The zero-order valence-electron chi connectivity index (χ0n) is 11.1. The Hall–Kier alpha value is -0.610. The summed E-state index contributed by atoms with van der Waals surface area (Å²) in [6.45, 7) is 3.04. The van der Waals surface area contributed by atoms with Crippen LogP contribution in [0.3, 0.4) is 0 Å². The normalized spacial score (nSPS) is 32.9. The van der Waals surface area contributed by atoms with Crippen LogP contribution in [-0.4, -0.2) is 47.2 Å². The highest BCUT2D eigenvalue weighted by Gasteiger charge is 2.41. The summed E-state index contributed by atoms with van der Waals surface area (Å²) < 4.78 is 6.10. The van der Waals surface area contributed by atoms with Crippen molar-refractivity contribution in [2.24, 2.45) is 5.16 Å². The van der Waals surface area contributed by atoms with Crippen LogP contribution >= 0.6 is 0 Å². The van der Waals surface area contributed by atoms with Gasteiger partial charge in [0, 0.05) is 38.6 Å².